The molecule has 1 aromatic carbocycles. The Morgan fingerprint density at radius 2 is 1.96 bits per heavy atom. The number of nitro groups is 1. The quantitative estimate of drug-likeness (QED) is 0.480. The zero-order chi connectivity index (χ0) is 16.8. The third kappa shape index (κ3) is 2.33. The molecule has 2 aliphatic rings. The summed E-state index contributed by atoms with van der Waals surface area (Å²) in [4.78, 5) is 27.3. The molecule has 0 amide bonds. The molecule has 0 radical (unpaired) electrons. The molecule has 2 aliphatic carbocycles. The standard InChI is InChI=1S/C17H20N2O4/c1-16(2)12-8-9-17(16,3)14(10-12)18-23-15(20)11-4-6-13(7-5-11)19(21)22/h4-7,12H,8-10H2,1-3H3/b18-14-/t12-,17-/m0/s1. The van der Waals surface area contributed by atoms with Gasteiger partial charge >= 0.3 is 5.97 Å². The molecule has 6 heteroatoms. The summed E-state index contributed by atoms with van der Waals surface area (Å²) in [6.07, 6.45) is 3.13. The number of nitrogens with zero attached hydrogens (tertiary/aromatic N) is 2. The third-order valence-electron chi connectivity index (χ3n) is 6.06. The van der Waals surface area contributed by atoms with E-state index in [4.69, 9.17) is 4.84 Å². The van der Waals surface area contributed by atoms with E-state index in [9.17, 15) is 14.9 Å². The highest BCUT2D eigenvalue weighted by Crippen LogP contribution is 2.63. The van der Waals surface area contributed by atoms with E-state index in [1.165, 1.54) is 30.7 Å². The molecule has 0 unspecified atom stereocenters. The van der Waals surface area contributed by atoms with Gasteiger partial charge in [-0.15, -0.1) is 0 Å². The monoisotopic (exact) mass is 316 g/mol. The van der Waals surface area contributed by atoms with Gasteiger partial charge < -0.3 is 4.84 Å². The van der Waals surface area contributed by atoms with Gasteiger partial charge in [0.25, 0.3) is 5.69 Å². The van der Waals surface area contributed by atoms with Crippen molar-refractivity contribution in [2.75, 3.05) is 0 Å². The highest BCUT2D eigenvalue weighted by molar-refractivity contribution is 5.95. The first kappa shape index (κ1) is 15.6. The van der Waals surface area contributed by atoms with Crippen molar-refractivity contribution in [2.24, 2.45) is 21.9 Å². The molecule has 0 spiro atoms. The van der Waals surface area contributed by atoms with Gasteiger partial charge in [-0.2, -0.15) is 0 Å². The molecule has 2 atom stereocenters. The first-order valence-corrected chi connectivity index (χ1v) is 7.79. The van der Waals surface area contributed by atoms with Gasteiger partial charge in [0.05, 0.1) is 16.2 Å². The summed E-state index contributed by atoms with van der Waals surface area (Å²) in [7, 11) is 0. The lowest BCUT2D eigenvalue weighted by Crippen LogP contribution is -2.32. The van der Waals surface area contributed by atoms with Gasteiger partial charge in [0.1, 0.15) is 0 Å². The van der Waals surface area contributed by atoms with Crippen LogP contribution >= 0.6 is 0 Å². The Morgan fingerprint density at radius 1 is 1.30 bits per heavy atom. The lowest BCUT2D eigenvalue weighted by atomic mass is 9.70. The predicted molar refractivity (Wildman–Crippen MR) is 85.2 cm³/mol. The molecule has 3 rings (SSSR count). The molecule has 1 aromatic rings. The number of carbonyl (C=O) groups excluding carboxylic acids is 1. The lowest BCUT2D eigenvalue weighted by Gasteiger charge is -2.34. The maximum atomic E-state index is 12.1. The maximum absolute atomic E-state index is 12.1. The Kier molecular flexibility index (Phi) is 3.50. The van der Waals surface area contributed by atoms with Crippen LogP contribution in [0.15, 0.2) is 29.4 Å². The van der Waals surface area contributed by atoms with Crippen molar-refractivity contribution in [3.63, 3.8) is 0 Å². The molecule has 0 aromatic heterocycles. The molecule has 122 valence electrons. The number of hydrogen-bond donors (Lipinski definition) is 0. The van der Waals surface area contributed by atoms with Crippen molar-refractivity contribution < 1.29 is 14.6 Å². The Hall–Kier alpha value is -2.24. The first-order chi connectivity index (χ1) is 10.8. The molecule has 0 N–H and O–H groups in total. The Balaban J connectivity index is 1.73. The number of oxime groups is 1. The molecule has 0 saturated heterocycles. The Morgan fingerprint density at radius 3 is 2.43 bits per heavy atom. The van der Waals surface area contributed by atoms with Crippen LogP contribution in [0.5, 0.6) is 0 Å². The summed E-state index contributed by atoms with van der Waals surface area (Å²) >= 11 is 0. The highest BCUT2D eigenvalue weighted by Gasteiger charge is 2.60. The first-order valence-electron chi connectivity index (χ1n) is 7.79. The number of fused-ring (bicyclic) bond motifs is 2. The predicted octanol–water partition coefficient (Wildman–Crippen LogP) is 3.95. The van der Waals surface area contributed by atoms with Gasteiger partial charge in [0, 0.05) is 17.5 Å². The second-order valence-corrected chi connectivity index (χ2v) is 7.21. The molecule has 2 bridgehead atoms. The maximum Gasteiger partial charge on any atom is 0.365 e. The van der Waals surface area contributed by atoms with Crippen LogP contribution in [0.1, 0.15) is 50.4 Å². The van der Waals surface area contributed by atoms with E-state index >= 15 is 0 Å². The SMILES string of the molecule is CC1(C)[C@H]2CC[C@@]1(C)/C(=N\OC(=O)c1ccc([N+](=O)[O-])cc1)C2. The zero-order valence-electron chi connectivity index (χ0n) is 13.5. The largest absolute Gasteiger partial charge is 0.365 e. The fraction of sp³-hybridized carbons (Fsp3) is 0.529. The normalized spacial score (nSPS) is 29.7. The van der Waals surface area contributed by atoms with Crippen LogP contribution in [-0.4, -0.2) is 16.6 Å². The molecule has 0 aliphatic heterocycles. The van der Waals surface area contributed by atoms with Gasteiger partial charge in [-0.3, -0.25) is 10.1 Å². The van der Waals surface area contributed by atoms with Crippen LogP contribution in [0.4, 0.5) is 5.69 Å². The molecule has 2 fully saturated rings. The average molecular weight is 316 g/mol. The minimum absolute atomic E-state index is 0.0204. The van der Waals surface area contributed by atoms with E-state index < -0.39 is 10.9 Å². The summed E-state index contributed by atoms with van der Waals surface area (Å²) in [5.74, 6) is 0.000837. The average Bonchev–Trinajstić information content (AvgIpc) is 2.85. The van der Waals surface area contributed by atoms with Crippen molar-refractivity contribution in [3.05, 3.63) is 39.9 Å². The van der Waals surface area contributed by atoms with Crippen molar-refractivity contribution >= 4 is 17.4 Å². The molecule has 2 saturated carbocycles. The number of carbonyl (C=O) groups is 1. The number of hydrogen-bond acceptors (Lipinski definition) is 5. The summed E-state index contributed by atoms with van der Waals surface area (Å²) in [6, 6.07) is 5.33. The van der Waals surface area contributed by atoms with Crippen molar-refractivity contribution in [1.29, 1.82) is 0 Å². The summed E-state index contributed by atoms with van der Waals surface area (Å²) in [6.45, 7) is 6.70. The number of rotatable bonds is 3. The van der Waals surface area contributed by atoms with Gasteiger partial charge in [0.15, 0.2) is 0 Å². The van der Waals surface area contributed by atoms with Crippen molar-refractivity contribution in [2.45, 2.75) is 40.0 Å². The minimum Gasteiger partial charge on any atom is -0.313 e. The highest BCUT2D eigenvalue weighted by atomic mass is 16.7. The second kappa shape index (κ2) is 5.15. The van der Waals surface area contributed by atoms with E-state index in [2.05, 4.69) is 25.9 Å². The van der Waals surface area contributed by atoms with Crippen molar-refractivity contribution in [3.8, 4) is 0 Å². The smallest absolute Gasteiger partial charge is 0.313 e. The topological polar surface area (TPSA) is 81.8 Å². The Bertz CT molecular complexity index is 693. The molecule has 0 heterocycles. The molecule has 23 heavy (non-hydrogen) atoms. The number of non-ortho nitro benzene ring substituents is 1. The fourth-order valence-corrected chi connectivity index (χ4v) is 3.93. The van der Waals surface area contributed by atoms with Crippen molar-refractivity contribution in [1.82, 2.24) is 0 Å². The van der Waals surface area contributed by atoms with Gasteiger partial charge in [0.2, 0.25) is 0 Å². The molecule has 6 nitrogen and oxygen atoms in total. The number of benzene rings is 1. The second-order valence-electron chi connectivity index (χ2n) is 7.21. The van der Waals surface area contributed by atoms with E-state index in [1.807, 2.05) is 0 Å². The fourth-order valence-electron chi connectivity index (χ4n) is 3.93. The third-order valence-corrected chi connectivity index (χ3v) is 6.06. The summed E-state index contributed by atoms with van der Waals surface area (Å²) in [5, 5.41) is 14.8. The van der Waals surface area contributed by atoms with Crippen LogP contribution in [-0.2, 0) is 4.84 Å². The Labute approximate surface area is 134 Å². The van der Waals surface area contributed by atoms with Crippen LogP contribution in [0.2, 0.25) is 0 Å². The van der Waals surface area contributed by atoms with E-state index in [-0.39, 0.29) is 22.1 Å². The lowest BCUT2D eigenvalue weighted by molar-refractivity contribution is -0.384. The van der Waals surface area contributed by atoms with Crippen LogP contribution in [0.25, 0.3) is 0 Å². The summed E-state index contributed by atoms with van der Waals surface area (Å²) in [5.41, 5.74) is 1.30. The van der Waals surface area contributed by atoms with Gasteiger partial charge in [-0.25, -0.2) is 4.79 Å². The molecular weight excluding hydrogens is 296 g/mol. The van der Waals surface area contributed by atoms with Crippen LogP contribution in [0, 0.1) is 26.9 Å². The van der Waals surface area contributed by atoms with Crippen LogP contribution < -0.4 is 0 Å². The van der Waals surface area contributed by atoms with Gasteiger partial charge in [-0.1, -0.05) is 25.9 Å². The van der Waals surface area contributed by atoms with E-state index in [0.717, 1.165) is 18.6 Å². The summed E-state index contributed by atoms with van der Waals surface area (Å²) < 4.78 is 0. The van der Waals surface area contributed by atoms with E-state index in [0.29, 0.717) is 5.92 Å². The van der Waals surface area contributed by atoms with E-state index in [1.54, 1.807) is 0 Å². The number of nitro benzene ring substituents is 1. The zero-order valence-corrected chi connectivity index (χ0v) is 13.5. The van der Waals surface area contributed by atoms with Crippen LogP contribution in [0.3, 0.4) is 0 Å². The minimum atomic E-state index is -0.587. The molecular formula is C17H20N2O4. The van der Waals surface area contributed by atoms with Gasteiger partial charge in [-0.05, 0) is 42.7 Å².